The van der Waals surface area contributed by atoms with E-state index in [0.29, 0.717) is 30.2 Å². The number of hydrogen-bond acceptors (Lipinski definition) is 4. The molecule has 0 saturated heterocycles. The van der Waals surface area contributed by atoms with Crippen LogP contribution >= 0.6 is 0 Å². The second-order valence-electron chi connectivity index (χ2n) is 6.04. The third-order valence-electron chi connectivity index (χ3n) is 4.45. The molecule has 1 aliphatic rings. The summed E-state index contributed by atoms with van der Waals surface area (Å²) >= 11 is 0. The largest absolute Gasteiger partial charge is 0.366 e. The van der Waals surface area contributed by atoms with Crippen LogP contribution in [0.15, 0.2) is 24.3 Å². The van der Waals surface area contributed by atoms with Gasteiger partial charge in [0.15, 0.2) is 0 Å². The molecule has 2 heterocycles. The third-order valence-corrected chi connectivity index (χ3v) is 4.45. The van der Waals surface area contributed by atoms with Crippen LogP contribution in [0.1, 0.15) is 27.3 Å². The van der Waals surface area contributed by atoms with Gasteiger partial charge in [-0.2, -0.15) is 5.26 Å². The molecule has 3 rings (SSSR count). The first kappa shape index (κ1) is 18.1. The fourth-order valence-corrected chi connectivity index (χ4v) is 3.24. The first-order valence-corrected chi connectivity index (χ1v) is 8.20. The van der Waals surface area contributed by atoms with Crippen molar-refractivity contribution in [3.63, 3.8) is 0 Å². The number of hydrogen-bond donors (Lipinski definition) is 3. The van der Waals surface area contributed by atoms with Crippen LogP contribution in [0.3, 0.4) is 0 Å². The van der Waals surface area contributed by atoms with Gasteiger partial charge >= 0.3 is 6.03 Å². The predicted octanol–water partition coefficient (Wildman–Crippen LogP) is 1.84. The zero-order valence-electron chi connectivity index (χ0n) is 14.3. The van der Waals surface area contributed by atoms with Crippen LogP contribution in [0.2, 0.25) is 0 Å². The number of carbonyl (C=O) groups excluding carboxylic acids is 2. The Hall–Kier alpha value is -3.67. The zero-order valence-corrected chi connectivity index (χ0v) is 14.3. The standard InChI is InChI=1S/C18H17FN6O2/c19-11-1-3-12(4-2-11)23-18(27)24-7-8-25-14(5-6-20)13(9-21)16(17(22)26)15(25)10-24/h1-4,6,20H,5,7-8,10H2,(H2,22,26)(H,23,27). The van der Waals surface area contributed by atoms with E-state index >= 15 is 0 Å². The van der Waals surface area contributed by atoms with E-state index in [-0.39, 0.29) is 24.1 Å². The Labute approximate surface area is 154 Å². The van der Waals surface area contributed by atoms with Crippen molar-refractivity contribution in [1.82, 2.24) is 9.47 Å². The smallest absolute Gasteiger partial charge is 0.322 e. The Morgan fingerprint density at radius 2 is 2.04 bits per heavy atom. The number of nitrogens with one attached hydrogen (secondary N) is 2. The molecule has 2 aromatic rings. The highest BCUT2D eigenvalue weighted by Crippen LogP contribution is 2.27. The number of urea groups is 1. The summed E-state index contributed by atoms with van der Waals surface area (Å²) in [6.07, 6.45) is 1.35. The highest BCUT2D eigenvalue weighted by atomic mass is 19.1. The molecule has 138 valence electrons. The van der Waals surface area contributed by atoms with Gasteiger partial charge in [-0.3, -0.25) is 4.79 Å². The lowest BCUT2D eigenvalue weighted by Crippen LogP contribution is -2.41. The van der Waals surface area contributed by atoms with Crippen molar-refractivity contribution in [2.24, 2.45) is 5.73 Å². The fourth-order valence-electron chi connectivity index (χ4n) is 3.24. The number of amides is 3. The Kier molecular flexibility index (Phi) is 4.90. The molecule has 0 saturated carbocycles. The van der Waals surface area contributed by atoms with E-state index in [1.807, 2.05) is 6.07 Å². The molecule has 0 atom stereocenters. The molecule has 1 aromatic carbocycles. The number of benzene rings is 1. The Balaban J connectivity index is 1.90. The van der Waals surface area contributed by atoms with E-state index in [4.69, 9.17) is 11.1 Å². The Bertz CT molecular complexity index is 958. The molecule has 4 N–H and O–H groups in total. The molecule has 27 heavy (non-hydrogen) atoms. The molecule has 3 amide bonds. The fraction of sp³-hybridized carbons (Fsp3) is 0.222. The second-order valence-corrected chi connectivity index (χ2v) is 6.04. The van der Waals surface area contributed by atoms with Gasteiger partial charge in [0.05, 0.1) is 23.4 Å². The topological polar surface area (TPSA) is 128 Å². The van der Waals surface area contributed by atoms with Gasteiger partial charge in [-0.25, -0.2) is 9.18 Å². The van der Waals surface area contributed by atoms with Gasteiger partial charge in [0.1, 0.15) is 11.9 Å². The molecule has 9 heteroatoms. The molecule has 1 aliphatic heterocycles. The van der Waals surface area contributed by atoms with Gasteiger partial charge in [0, 0.05) is 37.1 Å². The van der Waals surface area contributed by atoms with Crippen molar-refractivity contribution < 1.29 is 14.0 Å². The van der Waals surface area contributed by atoms with E-state index in [9.17, 15) is 19.2 Å². The van der Waals surface area contributed by atoms with E-state index in [1.165, 1.54) is 29.2 Å². The number of nitrogens with zero attached hydrogens (tertiary/aromatic N) is 3. The second kappa shape index (κ2) is 7.29. The minimum atomic E-state index is -0.743. The third kappa shape index (κ3) is 3.37. The van der Waals surface area contributed by atoms with Gasteiger partial charge in [-0.1, -0.05) is 0 Å². The maximum atomic E-state index is 13.0. The minimum absolute atomic E-state index is 0.0913. The van der Waals surface area contributed by atoms with Crippen LogP contribution in [0.25, 0.3) is 0 Å². The van der Waals surface area contributed by atoms with Crippen molar-refractivity contribution in [3.8, 4) is 6.07 Å². The maximum Gasteiger partial charge on any atom is 0.322 e. The van der Waals surface area contributed by atoms with Crippen molar-refractivity contribution >= 4 is 23.8 Å². The van der Waals surface area contributed by atoms with Crippen LogP contribution < -0.4 is 11.1 Å². The minimum Gasteiger partial charge on any atom is -0.366 e. The summed E-state index contributed by atoms with van der Waals surface area (Å²) in [5, 5.41) is 19.4. The van der Waals surface area contributed by atoms with E-state index < -0.39 is 17.8 Å². The first-order valence-electron chi connectivity index (χ1n) is 8.20. The number of fused-ring (bicyclic) bond motifs is 1. The predicted molar refractivity (Wildman–Crippen MR) is 96.0 cm³/mol. The molecule has 0 radical (unpaired) electrons. The van der Waals surface area contributed by atoms with Crippen molar-refractivity contribution in [1.29, 1.82) is 10.7 Å². The van der Waals surface area contributed by atoms with Crippen LogP contribution in [0, 0.1) is 22.6 Å². The van der Waals surface area contributed by atoms with Gasteiger partial charge in [0.25, 0.3) is 5.91 Å². The lowest BCUT2D eigenvalue weighted by atomic mass is 10.1. The summed E-state index contributed by atoms with van der Waals surface area (Å²) in [4.78, 5) is 25.9. The van der Waals surface area contributed by atoms with E-state index in [2.05, 4.69) is 5.32 Å². The van der Waals surface area contributed by atoms with Crippen LogP contribution in [0.4, 0.5) is 14.9 Å². The van der Waals surface area contributed by atoms with Crippen molar-refractivity contribution in [3.05, 3.63) is 52.6 Å². The summed E-state index contributed by atoms with van der Waals surface area (Å²) in [6.45, 7) is 0.818. The lowest BCUT2D eigenvalue weighted by Gasteiger charge is -2.30. The van der Waals surface area contributed by atoms with Crippen molar-refractivity contribution in [2.45, 2.75) is 19.5 Å². The van der Waals surface area contributed by atoms with Crippen LogP contribution in [-0.2, 0) is 19.5 Å². The van der Waals surface area contributed by atoms with Gasteiger partial charge in [-0.15, -0.1) is 0 Å². The lowest BCUT2D eigenvalue weighted by molar-refractivity contribution is 0.0997. The van der Waals surface area contributed by atoms with E-state index in [0.717, 1.165) is 6.21 Å². The SMILES string of the molecule is N#Cc1c(C(N)=O)c2n(c1CC=N)CCN(C(=O)Nc1ccc(F)cc1)C2. The number of halogens is 1. The normalized spacial score (nSPS) is 12.8. The number of aromatic nitrogens is 1. The number of rotatable bonds is 4. The zero-order chi connectivity index (χ0) is 19.6. The molecule has 0 bridgehead atoms. The number of anilines is 1. The summed E-state index contributed by atoms with van der Waals surface area (Å²) in [5.74, 6) is -1.15. The highest BCUT2D eigenvalue weighted by molar-refractivity contribution is 5.98. The number of nitrogens with two attached hydrogens (primary N) is 1. The summed E-state index contributed by atoms with van der Waals surface area (Å²) in [6, 6.07) is 6.97. The molecule has 1 aromatic heterocycles. The highest BCUT2D eigenvalue weighted by Gasteiger charge is 2.31. The molecular formula is C18H17FN6O2. The number of primary amides is 1. The molecule has 8 nitrogen and oxygen atoms in total. The quantitative estimate of drug-likeness (QED) is 0.712. The van der Waals surface area contributed by atoms with Crippen LogP contribution in [0.5, 0.6) is 0 Å². The molecule has 0 fully saturated rings. The van der Waals surface area contributed by atoms with Crippen molar-refractivity contribution in [2.75, 3.05) is 11.9 Å². The number of nitriles is 1. The summed E-state index contributed by atoms with van der Waals surface area (Å²) in [7, 11) is 0. The average Bonchev–Trinajstić information content (AvgIpc) is 2.97. The summed E-state index contributed by atoms with van der Waals surface area (Å²) < 4.78 is 14.8. The van der Waals surface area contributed by atoms with Gasteiger partial charge in [0.2, 0.25) is 0 Å². The van der Waals surface area contributed by atoms with E-state index in [1.54, 1.807) is 4.57 Å². The molecular weight excluding hydrogens is 351 g/mol. The molecule has 0 aliphatic carbocycles. The Morgan fingerprint density at radius 1 is 1.33 bits per heavy atom. The molecule has 0 unspecified atom stereocenters. The first-order chi connectivity index (χ1) is 13.0. The average molecular weight is 368 g/mol. The monoisotopic (exact) mass is 368 g/mol. The number of carbonyl (C=O) groups is 2. The Morgan fingerprint density at radius 3 is 2.63 bits per heavy atom. The summed E-state index contributed by atoms with van der Waals surface area (Å²) in [5.41, 5.74) is 7.19. The van der Waals surface area contributed by atoms with Crippen LogP contribution in [-0.4, -0.2) is 34.2 Å². The van der Waals surface area contributed by atoms with Gasteiger partial charge in [-0.05, 0) is 24.3 Å². The maximum absolute atomic E-state index is 13.0. The van der Waals surface area contributed by atoms with Gasteiger partial charge < -0.3 is 25.9 Å². The molecule has 0 spiro atoms.